The molecule has 0 aliphatic carbocycles. The topological polar surface area (TPSA) is 17.1 Å². The van der Waals surface area contributed by atoms with Gasteiger partial charge in [-0.1, -0.05) is 12.1 Å². The van der Waals surface area contributed by atoms with Crippen LogP contribution < -0.4 is 0 Å². The first-order valence-corrected chi connectivity index (χ1v) is 3.76. The summed E-state index contributed by atoms with van der Waals surface area (Å²) in [5.41, 5.74) is -0.870. The van der Waals surface area contributed by atoms with E-state index in [0.29, 0.717) is 0 Å². The van der Waals surface area contributed by atoms with Crippen molar-refractivity contribution in [3.05, 3.63) is 29.8 Å². The van der Waals surface area contributed by atoms with Crippen LogP contribution >= 0.6 is 0 Å². The number of rotatable bonds is 1. The molecule has 0 aliphatic heterocycles. The highest BCUT2D eigenvalue weighted by atomic mass is 32.1. The molecule has 1 nitrogen and oxygen atoms in total. The van der Waals surface area contributed by atoms with E-state index in [4.69, 9.17) is 0 Å². The van der Waals surface area contributed by atoms with Crippen molar-refractivity contribution >= 4 is 11.7 Å². The standard InChI is InChI=1S/C7H4F3OS/c8-7(9,10)5-3-1-2-4-6(5)12-11/h1-4H/q+1. The van der Waals surface area contributed by atoms with Crippen LogP contribution in [0.3, 0.4) is 0 Å². The highest BCUT2D eigenvalue weighted by Gasteiger charge is 2.37. The lowest BCUT2D eigenvalue weighted by molar-refractivity contribution is -0.139. The van der Waals surface area contributed by atoms with Crippen LogP contribution in [0.25, 0.3) is 0 Å². The second kappa shape index (κ2) is 3.18. The smallest absolute Gasteiger partial charge is 0.166 e. The van der Waals surface area contributed by atoms with Crippen LogP contribution in [0.4, 0.5) is 13.2 Å². The van der Waals surface area contributed by atoms with Gasteiger partial charge in [-0.25, -0.2) is 0 Å². The van der Waals surface area contributed by atoms with E-state index >= 15 is 0 Å². The predicted octanol–water partition coefficient (Wildman–Crippen LogP) is 2.49. The SMILES string of the molecule is O=[S+]c1ccccc1C(F)(F)F. The van der Waals surface area contributed by atoms with Gasteiger partial charge in [-0.2, -0.15) is 13.2 Å². The Kier molecular flexibility index (Phi) is 2.42. The highest BCUT2D eigenvalue weighted by molar-refractivity contribution is 7.65. The minimum absolute atomic E-state index is 0.148. The van der Waals surface area contributed by atoms with Crippen molar-refractivity contribution in [2.45, 2.75) is 11.1 Å². The molecule has 12 heavy (non-hydrogen) atoms. The molecule has 1 aromatic carbocycles. The molecule has 64 valence electrons. The van der Waals surface area contributed by atoms with Gasteiger partial charge in [0.05, 0.1) is 0 Å². The summed E-state index contributed by atoms with van der Waals surface area (Å²) in [7, 11) is 0. The van der Waals surface area contributed by atoms with Crippen LogP contribution in [-0.4, -0.2) is 0 Å². The zero-order valence-electron chi connectivity index (χ0n) is 5.76. The summed E-state index contributed by atoms with van der Waals surface area (Å²) in [6.07, 6.45) is -4.44. The summed E-state index contributed by atoms with van der Waals surface area (Å²) in [6.45, 7) is 0. The van der Waals surface area contributed by atoms with Gasteiger partial charge in [0.25, 0.3) is 4.90 Å². The van der Waals surface area contributed by atoms with Crippen LogP contribution in [0.2, 0.25) is 0 Å². The molecule has 0 N–H and O–H groups in total. The van der Waals surface area contributed by atoms with E-state index in [-0.39, 0.29) is 16.6 Å². The molecular formula is C7H4F3OS+. The van der Waals surface area contributed by atoms with Gasteiger partial charge < -0.3 is 0 Å². The lowest BCUT2D eigenvalue weighted by Crippen LogP contribution is -2.06. The molecule has 0 aliphatic rings. The predicted molar refractivity (Wildman–Crippen MR) is 37.8 cm³/mol. The zero-order valence-corrected chi connectivity index (χ0v) is 6.58. The third-order valence-corrected chi connectivity index (χ3v) is 1.82. The van der Waals surface area contributed by atoms with E-state index in [0.717, 1.165) is 12.1 Å². The lowest BCUT2D eigenvalue weighted by Gasteiger charge is -2.02. The Balaban J connectivity index is 3.23. The first-order valence-electron chi connectivity index (χ1n) is 3.02. The summed E-state index contributed by atoms with van der Waals surface area (Å²) < 4.78 is 46.5. The molecule has 1 rings (SSSR count). The number of benzene rings is 1. The molecule has 0 amide bonds. The van der Waals surface area contributed by atoms with Crippen molar-refractivity contribution in [2.75, 3.05) is 0 Å². The van der Waals surface area contributed by atoms with Gasteiger partial charge in [-0.15, -0.1) is 0 Å². The first-order chi connectivity index (χ1) is 5.55. The number of halogens is 3. The molecule has 0 heterocycles. The molecule has 5 heteroatoms. The van der Waals surface area contributed by atoms with E-state index < -0.39 is 11.7 Å². The molecule has 1 aromatic rings. The van der Waals surface area contributed by atoms with Crippen LogP contribution in [0.5, 0.6) is 0 Å². The molecule has 0 aromatic heterocycles. The number of alkyl halides is 3. The van der Waals surface area contributed by atoms with Gasteiger partial charge in [0.2, 0.25) is 0 Å². The third kappa shape index (κ3) is 1.79. The highest BCUT2D eigenvalue weighted by Crippen LogP contribution is 2.31. The van der Waals surface area contributed by atoms with Gasteiger partial charge in [0, 0.05) is 10.3 Å². The van der Waals surface area contributed by atoms with Crippen molar-refractivity contribution in [2.24, 2.45) is 0 Å². The largest absolute Gasteiger partial charge is 0.505 e. The van der Waals surface area contributed by atoms with Crippen molar-refractivity contribution in [1.82, 2.24) is 0 Å². The van der Waals surface area contributed by atoms with E-state index in [9.17, 15) is 17.4 Å². The maximum absolute atomic E-state index is 12.1. The summed E-state index contributed by atoms with van der Waals surface area (Å²) >= 11 is -0.148. The average molecular weight is 193 g/mol. The summed E-state index contributed by atoms with van der Waals surface area (Å²) in [6, 6.07) is 4.69. The minimum atomic E-state index is -4.44. The molecule has 0 spiro atoms. The van der Waals surface area contributed by atoms with E-state index in [1.54, 1.807) is 0 Å². The van der Waals surface area contributed by atoms with Crippen molar-refractivity contribution in [3.8, 4) is 0 Å². The Bertz CT molecular complexity index is 295. The average Bonchev–Trinajstić information content (AvgIpc) is 2.03. The first kappa shape index (κ1) is 9.12. The number of hydrogen-bond donors (Lipinski definition) is 0. The summed E-state index contributed by atoms with van der Waals surface area (Å²) in [5, 5.41) is 0. The minimum Gasteiger partial charge on any atom is -0.166 e. The van der Waals surface area contributed by atoms with Crippen LogP contribution in [0, 0.1) is 0 Å². The Morgan fingerprint density at radius 2 is 1.75 bits per heavy atom. The molecule has 0 unspecified atom stereocenters. The second-order valence-corrected chi connectivity index (χ2v) is 2.68. The Morgan fingerprint density at radius 3 is 2.17 bits per heavy atom. The molecule has 0 saturated carbocycles. The molecule has 0 saturated heterocycles. The van der Waals surface area contributed by atoms with Crippen LogP contribution in [0.15, 0.2) is 29.2 Å². The van der Waals surface area contributed by atoms with Gasteiger partial charge >= 0.3 is 17.8 Å². The van der Waals surface area contributed by atoms with Gasteiger partial charge in [0.1, 0.15) is 5.56 Å². The lowest BCUT2D eigenvalue weighted by atomic mass is 10.2. The third-order valence-electron chi connectivity index (χ3n) is 1.28. The second-order valence-electron chi connectivity index (χ2n) is 2.08. The normalized spacial score (nSPS) is 11.2. The fourth-order valence-corrected chi connectivity index (χ4v) is 1.18. The van der Waals surface area contributed by atoms with Crippen molar-refractivity contribution in [1.29, 1.82) is 0 Å². The molecule has 0 atom stereocenters. The zero-order chi connectivity index (χ0) is 9.19. The maximum Gasteiger partial charge on any atom is 0.505 e. The monoisotopic (exact) mass is 193 g/mol. The molecular weight excluding hydrogens is 189 g/mol. The summed E-state index contributed by atoms with van der Waals surface area (Å²) in [5.74, 6) is 0. The van der Waals surface area contributed by atoms with E-state index in [1.807, 2.05) is 0 Å². The van der Waals surface area contributed by atoms with Crippen LogP contribution in [-0.2, 0) is 22.1 Å². The maximum atomic E-state index is 12.1. The van der Waals surface area contributed by atoms with Gasteiger partial charge in [-0.3, -0.25) is 0 Å². The van der Waals surface area contributed by atoms with Crippen LogP contribution in [0.1, 0.15) is 5.56 Å². The Morgan fingerprint density at radius 1 is 1.17 bits per heavy atom. The quantitative estimate of drug-likeness (QED) is 0.626. The summed E-state index contributed by atoms with van der Waals surface area (Å²) in [4.78, 5) is -0.287. The van der Waals surface area contributed by atoms with Crippen molar-refractivity contribution in [3.63, 3.8) is 0 Å². The van der Waals surface area contributed by atoms with Gasteiger partial charge in [-0.05, 0) is 6.07 Å². The molecule has 0 bridgehead atoms. The molecule has 0 radical (unpaired) electrons. The van der Waals surface area contributed by atoms with E-state index in [2.05, 4.69) is 0 Å². The number of hydrogen-bond acceptors (Lipinski definition) is 1. The van der Waals surface area contributed by atoms with Crippen molar-refractivity contribution < 1.29 is 17.4 Å². The Labute approximate surface area is 70.7 Å². The Hall–Kier alpha value is -0.970. The van der Waals surface area contributed by atoms with E-state index in [1.165, 1.54) is 12.1 Å². The fraction of sp³-hybridized carbons (Fsp3) is 0.143. The molecule has 0 fully saturated rings. The van der Waals surface area contributed by atoms with Gasteiger partial charge in [0.15, 0.2) is 0 Å². The fourth-order valence-electron chi connectivity index (χ4n) is 0.773.